The monoisotopic (exact) mass is 324 g/mol. The van der Waals surface area contributed by atoms with Gasteiger partial charge in [0.2, 0.25) is 5.89 Å². The lowest BCUT2D eigenvalue weighted by Gasteiger charge is -1.99. The number of aromatic nitrogens is 3. The Balaban J connectivity index is 1.44. The van der Waals surface area contributed by atoms with E-state index in [4.69, 9.17) is 4.42 Å². The molecule has 0 saturated heterocycles. The van der Waals surface area contributed by atoms with Crippen LogP contribution in [-0.2, 0) is 6.54 Å². The molecule has 0 aliphatic carbocycles. The van der Waals surface area contributed by atoms with Crippen molar-refractivity contribution in [1.82, 2.24) is 19.7 Å². The van der Waals surface area contributed by atoms with Gasteiger partial charge in [0.25, 0.3) is 5.91 Å². The first-order valence-electron chi connectivity index (χ1n) is 7.00. The van der Waals surface area contributed by atoms with Gasteiger partial charge in [-0.25, -0.2) is 9.97 Å². The van der Waals surface area contributed by atoms with Gasteiger partial charge >= 0.3 is 0 Å². The summed E-state index contributed by atoms with van der Waals surface area (Å²) in [5.41, 5.74) is 1.96. The highest BCUT2D eigenvalue weighted by atomic mass is 32.1. The summed E-state index contributed by atoms with van der Waals surface area (Å²) in [5.74, 6) is 0.308. The molecule has 0 saturated carbocycles. The zero-order valence-electron chi connectivity index (χ0n) is 12.0. The summed E-state index contributed by atoms with van der Waals surface area (Å²) >= 11 is 1.49. The van der Waals surface area contributed by atoms with Crippen molar-refractivity contribution in [1.29, 1.82) is 0 Å². The third-order valence-electron chi connectivity index (χ3n) is 3.33. The van der Waals surface area contributed by atoms with Crippen LogP contribution in [0.5, 0.6) is 0 Å². The van der Waals surface area contributed by atoms with Crippen LogP contribution in [0, 0.1) is 0 Å². The summed E-state index contributed by atoms with van der Waals surface area (Å²) < 4.78 is 7.27. The summed E-state index contributed by atoms with van der Waals surface area (Å²) in [6, 6.07) is 9.62. The number of benzene rings is 1. The minimum atomic E-state index is -0.231. The van der Waals surface area contributed by atoms with Gasteiger partial charge in [-0.3, -0.25) is 9.20 Å². The van der Waals surface area contributed by atoms with Crippen LogP contribution < -0.4 is 5.32 Å². The molecular weight excluding hydrogens is 312 g/mol. The number of fused-ring (bicyclic) bond motifs is 1. The largest absolute Gasteiger partial charge is 0.444 e. The summed E-state index contributed by atoms with van der Waals surface area (Å²) in [6.07, 6.45) is 5.13. The molecule has 7 heteroatoms. The predicted molar refractivity (Wildman–Crippen MR) is 86.2 cm³/mol. The number of carbonyl (C=O) groups excluding carboxylic acids is 1. The van der Waals surface area contributed by atoms with Crippen LogP contribution in [0.1, 0.15) is 16.2 Å². The van der Waals surface area contributed by atoms with E-state index in [1.807, 2.05) is 46.3 Å². The SMILES string of the molecule is O=C(NCc1coc(-c2ccccc2)n1)c1cn2ccsc2n1. The third-order valence-corrected chi connectivity index (χ3v) is 4.10. The molecule has 0 bridgehead atoms. The minimum absolute atomic E-state index is 0.231. The number of imidazole rings is 1. The predicted octanol–water partition coefficient (Wildman–Crippen LogP) is 2.98. The number of nitrogens with zero attached hydrogens (tertiary/aromatic N) is 3. The van der Waals surface area contributed by atoms with Gasteiger partial charge in [-0.1, -0.05) is 18.2 Å². The number of carbonyl (C=O) groups is 1. The van der Waals surface area contributed by atoms with Gasteiger partial charge in [-0.2, -0.15) is 0 Å². The van der Waals surface area contributed by atoms with Gasteiger partial charge in [0.05, 0.1) is 12.2 Å². The highest BCUT2D eigenvalue weighted by Gasteiger charge is 2.12. The maximum Gasteiger partial charge on any atom is 0.271 e. The highest BCUT2D eigenvalue weighted by Crippen LogP contribution is 2.18. The fourth-order valence-electron chi connectivity index (χ4n) is 2.20. The quantitative estimate of drug-likeness (QED) is 0.626. The topological polar surface area (TPSA) is 72.4 Å². The number of nitrogens with one attached hydrogen (secondary N) is 1. The fraction of sp³-hybridized carbons (Fsp3) is 0.0625. The lowest BCUT2D eigenvalue weighted by Crippen LogP contribution is -2.23. The molecule has 0 fully saturated rings. The number of amides is 1. The number of hydrogen-bond acceptors (Lipinski definition) is 5. The van der Waals surface area contributed by atoms with Gasteiger partial charge in [0.15, 0.2) is 4.96 Å². The Morgan fingerprint density at radius 3 is 2.96 bits per heavy atom. The molecule has 23 heavy (non-hydrogen) atoms. The number of thiazole rings is 1. The van der Waals surface area contributed by atoms with Crippen molar-refractivity contribution in [2.24, 2.45) is 0 Å². The van der Waals surface area contributed by atoms with E-state index in [9.17, 15) is 4.79 Å². The molecule has 0 radical (unpaired) electrons. The second kappa shape index (κ2) is 5.69. The molecule has 6 nitrogen and oxygen atoms in total. The van der Waals surface area contributed by atoms with E-state index in [0.29, 0.717) is 23.8 Å². The van der Waals surface area contributed by atoms with Crippen molar-refractivity contribution in [2.75, 3.05) is 0 Å². The van der Waals surface area contributed by atoms with E-state index in [-0.39, 0.29) is 5.91 Å². The molecule has 0 atom stereocenters. The van der Waals surface area contributed by atoms with Crippen molar-refractivity contribution >= 4 is 22.2 Å². The van der Waals surface area contributed by atoms with Crippen LogP contribution in [0.25, 0.3) is 16.4 Å². The molecule has 1 aromatic carbocycles. The first-order chi connectivity index (χ1) is 11.3. The van der Waals surface area contributed by atoms with Crippen molar-refractivity contribution in [3.63, 3.8) is 0 Å². The van der Waals surface area contributed by atoms with Crippen LogP contribution in [0.3, 0.4) is 0 Å². The van der Waals surface area contributed by atoms with Crippen molar-refractivity contribution < 1.29 is 9.21 Å². The summed E-state index contributed by atoms with van der Waals surface area (Å²) in [7, 11) is 0. The highest BCUT2D eigenvalue weighted by molar-refractivity contribution is 7.15. The Bertz CT molecular complexity index is 926. The van der Waals surface area contributed by atoms with Crippen molar-refractivity contribution in [2.45, 2.75) is 6.54 Å². The third kappa shape index (κ3) is 2.74. The van der Waals surface area contributed by atoms with E-state index in [2.05, 4.69) is 15.3 Å². The Morgan fingerprint density at radius 1 is 1.26 bits per heavy atom. The molecule has 1 N–H and O–H groups in total. The van der Waals surface area contributed by atoms with Crippen LogP contribution in [0.4, 0.5) is 0 Å². The Morgan fingerprint density at radius 2 is 2.13 bits per heavy atom. The summed E-state index contributed by atoms with van der Waals surface area (Å²) in [6.45, 7) is 0.292. The molecule has 4 aromatic rings. The van der Waals surface area contributed by atoms with Gasteiger partial charge < -0.3 is 9.73 Å². The van der Waals surface area contributed by atoms with Crippen molar-refractivity contribution in [3.8, 4) is 11.5 Å². The van der Waals surface area contributed by atoms with E-state index >= 15 is 0 Å². The average Bonchev–Trinajstić information content (AvgIpc) is 3.29. The number of hydrogen-bond donors (Lipinski definition) is 1. The Kier molecular flexibility index (Phi) is 3.39. The standard InChI is InChI=1S/C16H12N4O2S/c21-14(13-9-20-6-7-23-16(20)19-13)17-8-12-10-22-15(18-12)11-4-2-1-3-5-11/h1-7,9-10H,8H2,(H,17,21). The number of oxazole rings is 1. The van der Waals surface area contributed by atoms with Crippen LogP contribution in [-0.4, -0.2) is 20.3 Å². The smallest absolute Gasteiger partial charge is 0.271 e. The molecule has 3 heterocycles. The molecule has 1 amide bonds. The maximum atomic E-state index is 12.1. The van der Waals surface area contributed by atoms with E-state index in [1.165, 1.54) is 11.3 Å². The molecule has 0 unspecified atom stereocenters. The lowest BCUT2D eigenvalue weighted by molar-refractivity contribution is 0.0946. The van der Waals surface area contributed by atoms with E-state index in [1.54, 1.807) is 12.5 Å². The lowest BCUT2D eigenvalue weighted by atomic mass is 10.2. The molecule has 0 aliphatic heterocycles. The zero-order chi connectivity index (χ0) is 15.6. The summed E-state index contributed by atoms with van der Waals surface area (Å²) in [5, 5.41) is 4.72. The molecule has 0 aliphatic rings. The van der Waals surface area contributed by atoms with Gasteiger partial charge in [0, 0.05) is 23.3 Å². The van der Waals surface area contributed by atoms with Gasteiger partial charge in [-0.15, -0.1) is 11.3 Å². The Labute approximate surface area is 135 Å². The first-order valence-corrected chi connectivity index (χ1v) is 7.88. The summed E-state index contributed by atoms with van der Waals surface area (Å²) in [4.78, 5) is 21.6. The zero-order valence-corrected chi connectivity index (χ0v) is 12.8. The molecule has 3 aromatic heterocycles. The van der Waals surface area contributed by atoms with Gasteiger partial charge in [0.1, 0.15) is 12.0 Å². The molecular formula is C16H12N4O2S. The van der Waals surface area contributed by atoms with Crippen molar-refractivity contribution in [3.05, 3.63) is 65.8 Å². The minimum Gasteiger partial charge on any atom is -0.444 e. The molecule has 4 rings (SSSR count). The van der Waals surface area contributed by atoms with Crippen LogP contribution in [0.15, 0.2) is 58.8 Å². The van der Waals surface area contributed by atoms with E-state index < -0.39 is 0 Å². The second-order valence-electron chi connectivity index (χ2n) is 4.91. The maximum absolute atomic E-state index is 12.1. The van der Waals surface area contributed by atoms with E-state index in [0.717, 1.165) is 10.5 Å². The molecule has 0 spiro atoms. The Hall–Kier alpha value is -2.93. The van der Waals surface area contributed by atoms with Gasteiger partial charge in [-0.05, 0) is 12.1 Å². The normalized spacial score (nSPS) is 11.0. The first kappa shape index (κ1) is 13.7. The number of rotatable bonds is 4. The average molecular weight is 324 g/mol. The van der Waals surface area contributed by atoms with Crippen LogP contribution in [0.2, 0.25) is 0 Å². The molecule has 114 valence electrons. The fourth-order valence-corrected chi connectivity index (χ4v) is 2.90. The van der Waals surface area contributed by atoms with Crippen LogP contribution >= 0.6 is 11.3 Å². The second-order valence-corrected chi connectivity index (χ2v) is 5.78.